The summed E-state index contributed by atoms with van der Waals surface area (Å²) in [4.78, 5) is 30.5. The Hall–Kier alpha value is -0.520. The minimum absolute atomic E-state index is 0.0747. The van der Waals surface area contributed by atoms with Crippen LogP contribution in [0.5, 0.6) is 0 Å². The van der Waals surface area contributed by atoms with Crippen LogP contribution in [-0.2, 0) is 20.1 Å². The highest BCUT2D eigenvalue weighted by atomic mass is 31.2. The van der Waals surface area contributed by atoms with Gasteiger partial charge in [0.15, 0.2) is 0 Å². The van der Waals surface area contributed by atoms with Gasteiger partial charge in [0, 0.05) is 0 Å². The van der Waals surface area contributed by atoms with Gasteiger partial charge in [-0.3, -0.25) is 14.0 Å². The fourth-order valence-electron chi connectivity index (χ4n) is 3.20. The standard InChI is InChI=1S/C15H25NO6P2/c1-2-22-24(20,21)15(23(17,18)19)16-10-8-14(9-11-16)12-13-6-4-3-5-7-13/h3-7,14-15H,2,8-12H2,1H3,(H,20,21)(H2,17,18,19). The summed E-state index contributed by atoms with van der Waals surface area (Å²) in [6.07, 6.45) is 2.34. The molecule has 0 aliphatic carbocycles. The molecule has 1 fully saturated rings. The first-order valence-corrected chi connectivity index (χ1v) is 11.4. The average molecular weight is 377 g/mol. The van der Waals surface area contributed by atoms with E-state index in [0.29, 0.717) is 19.0 Å². The summed E-state index contributed by atoms with van der Waals surface area (Å²) >= 11 is 0. The van der Waals surface area contributed by atoms with E-state index in [1.54, 1.807) is 0 Å². The van der Waals surface area contributed by atoms with Crippen LogP contribution in [0.25, 0.3) is 0 Å². The van der Waals surface area contributed by atoms with Crippen LogP contribution in [0.15, 0.2) is 30.3 Å². The van der Waals surface area contributed by atoms with Gasteiger partial charge in [-0.25, -0.2) is 0 Å². The second kappa shape index (κ2) is 8.24. The lowest BCUT2D eigenvalue weighted by Crippen LogP contribution is -2.41. The predicted octanol–water partition coefficient (Wildman–Crippen LogP) is 2.62. The highest BCUT2D eigenvalue weighted by Gasteiger charge is 2.49. The van der Waals surface area contributed by atoms with E-state index >= 15 is 0 Å². The summed E-state index contributed by atoms with van der Waals surface area (Å²) in [6.45, 7) is 2.18. The zero-order valence-corrected chi connectivity index (χ0v) is 15.5. The number of piperidine rings is 1. The number of hydrogen-bond acceptors (Lipinski definition) is 4. The minimum Gasteiger partial charge on any atom is -0.323 e. The van der Waals surface area contributed by atoms with Crippen LogP contribution in [0.3, 0.4) is 0 Å². The maximum atomic E-state index is 12.2. The fraction of sp³-hybridized carbons (Fsp3) is 0.600. The fourth-order valence-corrected chi connectivity index (χ4v) is 6.72. The van der Waals surface area contributed by atoms with E-state index in [-0.39, 0.29) is 6.61 Å². The summed E-state index contributed by atoms with van der Waals surface area (Å²) < 4.78 is 28.8. The summed E-state index contributed by atoms with van der Waals surface area (Å²) in [5.41, 5.74) is -0.549. The van der Waals surface area contributed by atoms with Crippen LogP contribution in [0.2, 0.25) is 0 Å². The molecule has 1 aromatic carbocycles. The third-order valence-corrected chi connectivity index (χ3v) is 8.49. The van der Waals surface area contributed by atoms with Gasteiger partial charge in [0.25, 0.3) is 0 Å². The van der Waals surface area contributed by atoms with Crippen molar-refractivity contribution >= 4 is 15.2 Å². The average Bonchev–Trinajstić information content (AvgIpc) is 2.48. The number of benzene rings is 1. The molecule has 0 amide bonds. The summed E-state index contributed by atoms with van der Waals surface area (Å²) in [7, 11) is -9.21. The Labute approximate surface area is 142 Å². The van der Waals surface area contributed by atoms with E-state index in [1.165, 1.54) is 17.4 Å². The molecule has 0 saturated carbocycles. The molecule has 2 rings (SSSR count). The highest BCUT2D eigenvalue weighted by molar-refractivity contribution is 7.71. The Kier molecular flexibility index (Phi) is 6.80. The maximum Gasteiger partial charge on any atom is 0.357 e. The van der Waals surface area contributed by atoms with Gasteiger partial charge < -0.3 is 19.2 Å². The zero-order valence-electron chi connectivity index (χ0n) is 13.7. The number of likely N-dealkylation sites (tertiary alicyclic amines) is 1. The van der Waals surface area contributed by atoms with Crippen molar-refractivity contribution in [2.75, 3.05) is 19.7 Å². The van der Waals surface area contributed by atoms with E-state index in [4.69, 9.17) is 4.52 Å². The summed E-state index contributed by atoms with van der Waals surface area (Å²) in [6, 6.07) is 10.0. The third kappa shape index (κ3) is 5.24. The molecule has 2 atom stereocenters. The molecule has 9 heteroatoms. The Morgan fingerprint density at radius 2 is 1.75 bits per heavy atom. The van der Waals surface area contributed by atoms with Crippen molar-refractivity contribution in [3.63, 3.8) is 0 Å². The Balaban J connectivity index is 2.02. The molecular weight excluding hydrogens is 352 g/mol. The molecule has 0 bridgehead atoms. The quantitative estimate of drug-likeness (QED) is 0.627. The van der Waals surface area contributed by atoms with Crippen LogP contribution in [0.4, 0.5) is 0 Å². The molecule has 0 radical (unpaired) electrons. The summed E-state index contributed by atoms with van der Waals surface area (Å²) in [5.74, 6) is 0.395. The van der Waals surface area contributed by atoms with Gasteiger partial charge in [0.2, 0.25) is 5.52 Å². The largest absolute Gasteiger partial charge is 0.357 e. The van der Waals surface area contributed by atoms with Crippen molar-refractivity contribution in [1.29, 1.82) is 0 Å². The van der Waals surface area contributed by atoms with Crippen molar-refractivity contribution < 1.29 is 28.3 Å². The van der Waals surface area contributed by atoms with E-state index < -0.39 is 20.7 Å². The second-order valence-electron chi connectivity index (χ2n) is 6.09. The normalized spacial score (nSPS) is 21.3. The molecule has 136 valence electrons. The highest BCUT2D eigenvalue weighted by Crippen LogP contribution is 2.64. The maximum absolute atomic E-state index is 12.2. The van der Waals surface area contributed by atoms with E-state index in [0.717, 1.165) is 19.3 Å². The lowest BCUT2D eigenvalue weighted by atomic mass is 9.90. The molecule has 1 aliphatic rings. The Bertz CT molecular complexity index is 612. The first kappa shape index (κ1) is 19.8. The van der Waals surface area contributed by atoms with Gasteiger partial charge in [-0.05, 0) is 50.8 Å². The molecule has 0 aromatic heterocycles. The molecule has 7 nitrogen and oxygen atoms in total. The lowest BCUT2D eigenvalue weighted by Gasteiger charge is -2.38. The molecule has 2 unspecified atom stereocenters. The van der Waals surface area contributed by atoms with Crippen LogP contribution < -0.4 is 0 Å². The van der Waals surface area contributed by atoms with Gasteiger partial charge >= 0.3 is 15.2 Å². The lowest BCUT2D eigenvalue weighted by molar-refractivity contribution is 0.155. The molecule has 1 aliphatic heterocycles. The van der Waals surface area contributed by atoms with Crippen molar-refractivity contribution in [3.8, 4) is 0 Å². The first-order valence-electron chi connectivity index (χ1n) is 8.04. The number of hydrogen-bond donors (Lipinski definition) is 3. The molecular formula is C15H25NO6P2. The third-order valence-electron chi connectivity index (χ3n) is 4.25. The Morgan fingerprint density at radius 3 is 2.25 bits per heavy atom. The van der Waals surface area contributed by atoms with Crippen molar-refractivity contribution in [2.45, 2.75) is 31.7 Å². The zero-order chi connectivity index (χ0) is 17.8. The van der Waals surface area contributed by atoms with Gasteiger partial charge in [-0.1, -0.05) is 30.3 Å². The molecule has 3 N–H and O–H groups in total. The van der Waals surface area contributed by atoms with Gasteiger partial charge in [-0.15, -0.1) is 0 Å². The van der Waals surface area contributed by atoms with Crippen LogP contribution in [0.1, 0.15) is 25.3 Å². The van der Waals surface area contributed by atoms with Crippen molar-refractivity contribution in [3.05, 3.63) is 35.9 Å². The number of nitrogens with zero attached hydrogens (tertiary/aromatic N) is 1. The topological polar surface area (TPSA) is 107 Å². The van der Waals surface area contributed by atoms with Gasteiger partial charge in [-0.2, -0.15) is 0 Å². The Morgan fingerprint density at radius 1 is 1.17 bits per heavy atom. The van der Waals surface area contributed by atoms with Crippen LogP contribution in [0, 0.1) is 5.92 Å². The monoisotopic (exact) mass is 377 g/mol. The summed E-state index contributed by atoms with van der Waals surface area (Å²) in [5, 5.41) is 0. The van der Waals surface area contributed by atoms with Gasteiger partial charge in [0.05, 0.1) is 6.61 Å². The second-order valence-corrected chi connectivity index (χ2v) is 10.0. The van der Waals surface area contributed by atoms with Gasteiger partial charge in [0.1, 0.15) is 0 Å². The SMILES string of the molecule is CCOP(=O)(O)C(N1CCC(Cc2ccccc2)CC1)P(=O)(O)O. The number of rotatable bonds is 7. The molecule has 0 spiro atoms. The van der Waals surface area contributed by atoms with E-state index in [9.17, 15) is 23.8 Å². The first-order chi connectivity index (χ1) is 11.2. The van der Waals surface area contributed by atoms with Crippen LogP contribution >= 0.6 is 15.2 Å². The minimum atomic E-state index is -4.79. The van der Waals surface area contributed by atoms with E-state index in [2.05, 4.69) is 12.1 Å². The van der Waals surface area contributed by atoms with Crippen molar-refractivity contribution in [2.24, 2.45) is 5.92 Å². The molecule has 24 heavy (non-hydrogen) atoms. The molecule has 1 heterocycles. The van der Waals surface area contributed by atoms with E-state index in [1.807, 2.05) is 18.2 Å². The predicted molar refractivity (Wildman–Crippen MR) is 91.7 cm³/mol. The molecule has 1 aromatic rings. The van der Waals surface area contributed by atoms with Crippen LogP contribution in [-0.4, -0.2) is 44.8 Å². The molecule has 1 saturated heterocycles. The smallest absolute Gasteiger partial charge is 0.323 e. The van der Waals surface area contributed by atoms with Crippen molar-refractivity contribution in [1.82, 2.24) is 4.90 Å².